The molecule has 1 aliphatic heterocycles. The minimum Gasteiger partial charge on any atom is -0.434 e. The monoisotopic (exact) mass is 387 g/mol. The van der Waals surface area contributed by atoms with Crippen molar-refractivity contribution in [2.24, 2.45) is 5.10 Å². The van der Waals surface area contributed by atoms with Crippen LogP contribution in [0.1, 0.15) is 24.0 Å². The fraction of sp³-hybridized carbons (Fsp3) is 0.250. The number of halogens is 2. The lowest BCUT2D eigenvalue weighted by Gasteiger charge is -2.23. The summed E-state index contributed by atoms with van der Waals surface area (Å²) < 4.78 is 29.4. The third-order valence-electron chi connectivity index (χ3n) is 4.17. The molecule has 28 heavy (non-hydrogen) atoms. The van der Waals surface area contributed by atoms with E-state index < -0.39 is 12.5 Å². The predicted molar refractivity (Wildman–Crippen MR) is 98.6 cm³/mol. The first kappa shape index (κ1) is 19.5. The average molecular weight is 387 g/mol. The van der Waals surface area contributed by atoms with E-state index in [1.807, 2.05) is 30.3 Å². The third kappa shape index (κ3) is 5.12. The van der Waals surface area contributed by atoms with Crippen molar-refractivity contribution in [3.05, 3.63) is 65.7 Å². The Morgan fingerprint density at radius 2 is 1.82 bits per heavy atom. The normalized spacial score (nSPS) is 14.0. The zero-order chi connectivity index (χ0) is 19.9. The summed E-state index contributed by atoms with van der Waals surface area (Å²) in [6.45, 7) is -2.66. The van der Waals surface area contributed by atoms with Gasteiger partial charge in [0, 0.05) is 24.9 Å². The first-order valence-electron chi connectivity index (χ1n) is 8.75. The molecular formula is C20H19F2N3O3. The van der Waals surface area contributed by atoms with Crippen LogP contribution < -0.4 is 10.1 Å². The average Bonchev–Trinajstić information content (AvgIpc) is 2.69. The highest BCUT2D eigenvalue weighted by Crippen LogP contribution is 2.20. The molecule has 2 aromatic carbocycles. The molecule has 1 heterocycles. The van der Waals surface area contributed by atoms with Crippen LogP contribution >= 0.6 is 0 Å². The molecule has 0 spiro atoms. The largest absolute Gasteiger partial charge is 0.434 e. The van der Waals surface area contributed by atoms with Gasteiger partial charge in [0.1, 0.15) is 11.5 Å². The van der Waals surface area contributed by atoms with Crippen molar-refractivity contribution in [3.8, 4) is 5.75 Å². The van der Waals surface area contributed by atoms with Gasteiger partial charge in [-0.05, 0) is 11.6 Å². The minimum atomic E-state index is -2.95. The van der Waals surface area contributed by atoms with Crippen molar-refractivity contribution >= 4 is 17.5 Å². The summed E-state index contributed by atoms with van der Waals surface area (Å²) in [5.74, 6) is -0.599. The highest BCUT2D eigenvalue weighted by molar-refractivity contribution is 6.39. The Bertz CT molecular complexity index is 872. The second kappa shape index (κ2) is 9.07. The maximum Gasteiger partial charge on any atom is 0.387 e. The van der Waals surface area contributed by atoms with Crippen LogP contribution in [0.25, 0.3) is 0 Å². The summed E-state index contributed by atoms with van der Waals surface area (Å²) in [4.78, 5) is 24.5. The van der Waals surface area contributed by atoms with Crippen molar-refractivity contribution in [2.75, 3.05) is 0 Å². The van der Waals surface area contributed by atoms with Crippen LogP contribution in [0.3, 0.4) is 0 Å². The number of para-hydroxylation sites is 1. The van der Waals surface area contributed by atoms with E-state index in [9.17, 15) is 18.4 Å². The van der Waals surface area contributed by atoms with Gasteiger partial charge in [-0.1, -0.05) is 48.5 Å². The molecule has 0 saturated heterocycles. The van der Waals surface area contributed by atoms with Crippen molar-refractivity contribution in [1.29, 1.82) is 0 Å². The second-order valence-corrected chi connectivity index (χ2v) is 6.15. The molecular weight excluding hydrogens is 368 g/mol. The summed E-state index contributed by atoms with van der Waals surface area (Å²) in [5.41, 5.74) is 1.55. The number of alkyl halides is 2. The number of benzene rings is 2. The van der Waals surface area contributed by atoms with Gasteiger partial charge in [-0.15, -0.1) is 0 Å². The Morgan fingerprint density at radius 1 is 1.11 bits per heavy atom. The number of rotatable bonds is 7. The number of hydrazone groups is 1. The Labute approximate surface area is 160 Å². The van der Waals surface area contributed by atoms with Gasteiger partial charge in [0.25, 0.3) is 5.91 Å². The molecule has 0 bridgehead atoms. The fourth-order valence-corrected chi connectivity index (χ4v) is 2.78. The fourth-order valence-electron chi connectivity index (χ4n) is 2.78. The summed E-state index contributed by atoms with van der Waals surface area (Å²) in [7, 11) is 0. The van der Waals surface area contributed by atoms with E-state index >= 15 is 0 Å². The highest BCUT2D eigenvalue weighted by atomic mass is 19.3. The first-order chi connectivity index (χ1) is 13.5. The molecule has 0 aliphatic carbocycles. The number of carbonyl (C=O) groups is 2. The Kier molecular flexibility index (Phi) is 6.31. The van der Waals surface area contributed by atoms with E-state index in [1.165, 1.54) is 11.1 Å². The SMILES string of the molecule is O=C(NCc1ccccc1OC(F)F)C1=NN(Cc2ccccc2)C(=O)CC1. The van der Waals surface area contributed by atoms with Gasteiger partial charge in [0.2, 0.25) is 5.91 Å². The van der Waals surface area contributed by atoms with Gasteiger partial charge in [0.05, 0.1) is 6.54 Å². The van der Waals surface area contributed by atoms with Crippen LogP contribution in [-0.2, 0) is 22.7 Å². The summed E-state index contributed by atoms with van der Waals surface area (Å²) in [5, 5.41) is 8.11. The van der Waals surface area contributed by atoms with Gasteiger partial charge >= 0.3 is 6.61 Å². The minimum absolute atomic E-state index is 0.00395. The number of ether oxygens (including phenoxy) is 1. The lowest BCUT2D eigenvalue weighted by atomic mass is 10.1. The van der Waals surface area contributed by atoms with Gasteiger partial charge in [-0.25, -0.2) is 5.01 Å². The van der Waals surface area contributed by atoms with Crippen LogP contribution in [0, 0.1) is 0 Å². The first-order valence-corrected chi connectivity index (χ1v) is 8.75. The van der Waals surface area contributed by atoms with Gasteiger partial charge in [-0.2, -0.15) is 13.9 Å². The molecule has 8 heteroatoms. The van der Waals surface area contributed by atoms with Crippen molar-refractivity contribution in [2.45, 2.75) is 32.5 Å². The van der Waals surface area contributed by atoms with Crippen LogP contribution in [0.2, 0.25) is 0 Å². The van der Waals surface area contributed by atoms with Crippen molar-refractivity contribution in [1.82, 2.24) is 10.3 Å². The van der Waals surface area contributed by atoms with Gasteiger partial charge in [0.15, 0.2) is 0 Å². The smallest absolute Gasteiger partial charge is 0.387 e. The summed E-state index contributed by atoms with van der Waals surface area (Å²) in [6.07, 6.45) is 0.412. The topological polar surface area (TPSA) is 71.0 Å². The zero-order valence-electron chi connectivity index (χ0n) is 15.0. The Morgan fingerprint density at radius 3 is 2.57 bits per heavy atom. The molecule has 0 atom stereocenters. The van der Waals surface area contributed by atoms with Crippen LogP contribution in [-0.4, -0.2) is 29.1 Å². The number of carbonyl (C=O) groups excluding carboxylic acids is 2. The quantitative estimate of drug-likeness (QED) is 0.794. The molecule has 0 unspecified atom stereocenters. The van der Waals surface area contributed by atoms with Crippen molar-refractivity contribution < 1.29 is 23.1 Å². The van der Waals surface area contributed by atoms with E-state index in [-0.39, 0.29) is 43.3 Å². The molecule has 146 valence electrons. The molecule has 2 amide bonds. The van der Waals surface area contributed by atoms with E-state index in [4.69, 9.17) is 0 Å². The van der Waals surface area contributed by atoms with Crippen LogP contribution in [0.5, 0.6) is 5.75 Å². The molecule has 1 aliphatic rings. The third-order valence-corrected chi connectivity index (χ3v) is 4.17. The number of nitrogens with one attached hydrogen (secondary N) is 1. The molecule has 3 rings (SSSR count). The molecule has 0 saturated carbocycles. The standard InChI is InChI=1S/C20H19F2N3O3/c21-20(22)28-17-9-5-4-8-15(17)12-23-19(27)16-10-11-18(26)25(24-16)13-14-6-2-1-3-7-14/h1-9,20H,10-13H2,(H,23,27). The van der Waals surface area contributed by atoms with E-state index in [0.29, 0.717) is 5.56 Å². The number of hydrogen-bond donors (Lipinski definition) is 1. The second-order valence-electron chi connectivity index (χ2n) is 6.15. The lowest BCUT2D eigenvalue weighted by Crippen LogP contribution is -2.38. The highest BCUT2D eigenvalue weighted by Gasteiger charge is 2.24. The van der Waals surface area contributed by atoms with Crippen LogP contribution in [0.15, 0.2) is 59.7 Å². The van der Waals surface area contributed by atoms with E-state index in [1.54, 1.807) is 18.2 Å². The number of nitrogens with zero attached hydrogens (tertiary/aromatic N) is 2. The zero-order valence-corrected chi connectivity index (χ0v) is 15.0. The van der Waals surface area contributed by atoms with Gasteiger partial charge in [-0.3, -0.25) is 9.59 Å². The molecule has 0 fully saturated rings. The van der Waals surface area contributed by atoms with Crippen LogP contribution in [0.4, 0.5) is 8.78 Å². The molecule has 2 aromatic rings. The molecule has 0 aromatic heterocycles. The van der Waals surface area contributed by atoms with E-state index in [2.05, 4.69) is 15.2 Å². The Hall–Kier alpha value is -3.29. The Balaban J connectivity index is 1.65. The maximum absolute atomic E-state index is 12.5. The summed E-state index contributed by atoms with van der Waals surface area (Å²) >= 11 is 0. The molecule has 0 radical (unpaired) electrons. The number of amides is 2. The number of hydrogen-bond acceptors (Lipinski definition) is 4. The molecule has 1 N–H and O–H groups in total. The van der Waals surface area contributed by atoms with Crippen molar-refractivity contribution in [3.63, 3.8) is 0 Å². The lowest BCUT2D eigenvalue weighted by molar-refractivity contribution is -0.132. The summed E-state index contributed by atoms with van der Waals surface area (Å²) in [6, 6.07) is 15.6. The molecule has 6 nitrogen and oxygen atoms in total. The predicted octanol–water partition coefficient (Wildman–Crippen LogP) is 3.08. The maximum atomic E-state index is 12.5. The van der Waals surface area contributed by atoms with Gasteiger partial charge < -0.3 is 10.1 Å². The van der Waals surface area contributed by atoms with E-state index in [0.717, 1.165) is 5.56 Å².